The van der Waals surface area contributed by atoms with Gasteiger partial charge in [0.05, 0.1) is 6.61 Å². The van der Waals surface area contributed by atoms with Gasteiger partial charge in [-0.2, -0.15) is 0 Å². The van der Waals surface area contributed by atoms with Crippen LogP contribution in [-0.4, -0.2) is 64.0 Å². The molecule has 1 saturated heterocycles. The van der Waals surface area contributed by atoms with Crippen LogP contribution in [-0.2, 0) is 15.9 Å². The fourth-order valence-corrected chi connectivity index (χ4v) is 3.28. The van der Waals surface area contributed by atoms with Crippen LogP contribution >= 0.6 is 0 Å². The fourth-order valence-electron chi connectivity index (χ4n) is 3.28. The van der Waals surface area contributed by atoms with Gasteiger partial charge in [-0.1, -0.05) is 30.3 Å². The topological polar surface area (TPSA) is 46.1 Å². The highest BCUT2D eigenvalue weighted by Crippen LogP contribution is 2.18. The monoisotopic (exact) mass is 375 g/mol. The molecule has 1 aromatic carbocycles. The summed E-state index contributed by atoms with van der Waals surface area (Å²) in [4.78, 5) is 7.02. The number of nitrogens with zero attached hydrogens (tertiary/aromatic N) is 2. The summed E-state index contributed by atoms with van der Waals surface area (Å²) in [5.74, 6) is 1.80. The lowest BCUT2D eigenvalue weighted by atomic mass is 9.96. The molecule has 1 fully saturated rings. The second-order valence-corrected chi connectivity index (χ2v) is 7.20. The van der Waals surface area contributed by atoms with Gasteiger partial charge in [0.15, 0.2) is 5.96 Å². The van der Waals surface area contributed by atoms with Crippen LogP contribution in [0, 0.1) is 5.92 Å². The third-order valence-electron chi connectivity index (χ3n) is 5.00. The van der Waals surface area contributed by atoms with Gasteiger partial charge in [0, 0.05) is 46.5 Å². The van der Waals surface area contributed by atoms with Gasteiger partial charge in [-0.05, 0) is 50.5 Å². The molecule has 5 heteroatoms. The van der Waals surface area contributed by atoms with Crippen molar-refractivity contribution in [3.8, 4) is 0 Å². The van der Waals surface area contributed by atoms with Crippen molar-refractivity contribution >= 4 is 5.96 Å². The molecule has 1 N–H and O–H groups in total. The van der Waals surface area contributed by atoms with Crippen LogP contribution in [0.15, 0.2) is 35.3 Å². The predicted molar refractivity (Wildman–Crippen MR) is 112 cm³/mol. The molecule has 0 radical (unpaired) electrons. The van der Waals surface area contributed by atoms with Crippen LogP contribution in [0.4, 0.5) is 0 Å². The number of hydrogen-bond acceptors (Lipinski definition) is 3. The number of ether oxygens (including phenoxy) is 2. The van der Waals surface area contributed by atoms with E-state index >= 15 is 0 Å². The minimum atomic E-state index is 0.765. The number of rotatable bonds is 11. The van der Waals surface area contributed by atoms with Gasteiger partial charge in [-0.15, -0.1) is 0 Å². The maximum atomic E-state index is 5.75. The summed E-state index contributed by atoms with van der Waals surface area (Å²) in [7, 11) is 2.14. The fraction of sp³-hybridized carbons (Fsp3) is 0.682. The van der Waals surface area contributed by atoms with Gasteiger partial charge < -0.3 is 19.7 Å². The Morgan fingerprint density at radius 1 is 1.22 bits per heavy atom. The first-order chi connectivity index (χ1) is 13.3. The Kier molecular flexibility index (Phi) is 10.9. The third kappa shape index (κ3) is 9.25. The highest BCUT2D eigenvalue weighted by atomic mass is 16.5. The van der Waals surface area contributed by atoms with E-state index in [1.165, 1.54) is 24.8 Å². The van der Waals surface area contributed by atoms with Gasteiger partial charge in [0.2, 0.25) is 0 Å². The molecule has 2 rings (SSSR count). The number of hydrogen-bond donors (Lipinski definition) is 1. The zero-order valence-corrected chi connectivity index (χ0v) is 17.2. The van der Waals surface area contributed by atoms with Crippen LogP contribution in [0.1, 0.15) is 38.2 Å². The molecule has 152 valence electrons. The molecule has 0 atom stereocenters. The van der Waals surface area contributed by atoms with Crippen LogP contribution < -0.4 is 5.32 Å². The van der Waals surface area contributed by atoms with Gasteiger partial charge in [0.1, 0.15) is 0 Å². The molecule has 27 heavy (non-hydrogen) atoms. The standard InChI is InChI=1S/C22H37N3O2/c1-3-23-22(25(2)15-10-21-12-18-27-19-13-21)24-14-7-16-26-17-11-20-8-5-4-6-9-20/h4-6,8-9,21H,3,7,10-19H2,1-2H3,(H,23,24). The van der Waals surface area contributed by atoms with Crippen LogP contribution in [0.5, 0.6) is 0 Å². The highest BCUT2D eigenvalue weighted by molar-refractivity contribution is 5.79. The molecule has 0 bridgehead atoms. The summed E-state index contributed by atoms with van der Waals surface area (Å²) in [6.45, 7) is 8.25. The number of benzene rings is 1. The summed E-state index contributed by atoms with van der Waals surface area (Å²) in [5, 5.41) is 3.40. The summed E-state index contributed by atoms with van der Waals surface area (Å²) < 4.78 is 11.2. The van der Waals surface area contributed by atoms with Crippen molar-refractivity contribution in [2.75, 3.05) is 53.1 Å². The summed E-state index contributed by atoms with van der Waals surface area (Å²) >= 11 is 0. The van der Waals surface area contributed by atoms with E-state index in [1.807, 2.05) is 6.07 Å². The SMILES string of the molecule is CCNC(=NCCCOCCc1ccccc1)N(C)CCC1CCOCC1. The van der Waals surface area contributed by atoms with Crippen molar-refractivity contribution in [3.63, 3.8) is 0 Å². The van der Waals surface area contributed by atoms with E-state index in [0.717, 1.165) is 70.8 Å². The first kappa shape index (κ1) is 21.7. The van der Waals surface area contributed by atoms with E-state index in [1.54, 1.807) is 0 Å². The summed E-state index contributed by atoms with van der Waals surface area (Å²) in [6.07, 6.45) is 5.54. The normalized spacial score (nSPS) is 15.7. The van der Waals surface area contributed by atoms with E-state index in [4.69, 9.17) is 14.5 Å². The van der Waals surface area contributed by atoms with Crippen molar-refractivity contribution in [3.05, 3.63) is 35.9 Å². The Morgan fingerprint density at radius 2 is 2.00 bits per heavy atom. The average Bonchev–Trinajstić information content (AvgIpc) is 2.72. The quantitative estimate of drug-likeness (QED) is 0.366. The maximum absolute atomic E-state index is 5.75. The largest absolute Gasteiger partial charge is 0.381 e. The maximum Gasteiger partial charge on any atom is 0.193 e. The molecule has 0 amide bonds. The Hall–Kier alpha value is -1.59. The molecule has 1 aliphatic rings. The molecule has 1 aromatic rings. The van der Waals surface area contributed by atoms with E-state index < -0.39 is 0 Å². The molecule has 0 saturated carbocycles. The lowest BCUT2D eigenvalue weighted by Crippen LogP contribution is -2.40. The van der Waals surface area contributed by atoms with Crippen molar-refractivity contribution in [1.82, 2.24) is 10.2 Å². The molecule has 0 aromatic heterocycles. The third-order valence-corrected chi connectivity index (χ3v) is 5.00. The van der Waals surface area contributed by atoms with Gasteiger partial charge in [-0.3, -0.25) is 4.99 Å². The van der Waals surface area contributed by atoms with Crippen molar-refractivity contribution in [2.45, 2.75) is 39.0 Å². The lowest BCUT2D eigenvalue weighted by molar-refractivity contribution is 0.0625. The average molecular weight is 376 g/mol. The van der Waals surface area contributed by atoms with Crippen LogP contribution in [0.2, 0.25) is 0 Å². The Balaban J connectivity index is 1.60. The molecule has 1 heterocycles. The molecular weight excluding hydrogens is 338 g/mol. The molecule has 0 aliphatic carbocycles. The second kappa shape index (κ2) is 13.6. The first-order valence-corrected chi connectivity index (χ1v) is 10.5. The van der Waals surface area contributed by atoms with Gasteiger partial charge in [0.25, 0.3) is 0 Å². The predicted octanol–water partition coefficient (Wildman–Crippen LogP) is 3.35. The molecule has 0 unspecified atom stereocenters. The summed E-state index contributed by atoms with van der Waals surface area (Å²) in [6, 6.07) is 10.5. The van der Waals surface area contributed by atoms with E-state index in [2.05, 4.69) is 48.5 Å². The first-order valence-electron chi connectivity index (χ1n) is 10.5. The van der Waals surface area contributed by atoms with Crippen molar-refractivity contribution in [2.24, 2.45) is 10.9 Å². The minimum Gasteiger partial charge on any atom is -0.381 e. The minimum absolute atomic E-state index is 0.765. The molecule has 1 aliphatic heterocycles. The van der Waals surface area contributed by atoms with Crippen LogP contribution in [0.3, 0.4) is 0 Å². The van der Waals surface area contributed by atoms with Gasteiger partial charge >= 0.3 is 0 Å². The van der Waals surface area contributed by atoms with Crippen molar-refractivity contribution < 1.29 is 9.47 Å². The molecule has 0 spiro atoms. The smallest absolute Gasteiger partial charge is 0.193 e. The zero-order chi connectivity index (χ0) is 19.2. The van der Waals surface area contributed by atoms with E-state index in [9.17, 15) is 0 Å². The van der Waals surface area contributed by atoms with Gasteiger partial charge in [-0.25, -0.2) is 0 Å². The number of aliphatic imine (C=N–C) groups is 1. The zero-order valence-electron chi connectivity index (χ0n) is 17.2. The number of guanidine groups is 1. The lowest BCUT2D eigenvalue weighted by Gasteiger charge is -2.26. The Morgan fingerprint density at radius 3 is 2.74 bits per heavy atom. The Labute approximate surface area is 165 Å². The Bertz CT molecular complexity index is 516. The molecular formula is C22H37N3O2. The van der Waals surface area contributed by atoms with Crippen LogP contribution in [0.25, 0.3) is 0 Å². The van der Waals surface area contributed by atoms with Crippen molar-refractivity contribution in [1.29, 1.82) is 0 Å². The number of nitrogens with one attached hydrogen (secondary N) is 1. The second-order valence-electron chi connectivity index (χ2n) is 7.20. The summed E-state index contributed by atoms with van der Waals surface area (Å²) in [5.41, 5.74) is 1.33. The highest BCUT2D eigenvalue weighted by Gasteiger charge is 2.15. The molecule has 5 nitrogen and oxygen atoms in total. The van der Waals surface area contributed by atoms with E-state index in [0.29, 0.717) is 0 Å². The van der Waals surface area contributed by atoms with E-state index in [-0.39, 0.29) is 0 Å².